The average molecular weight is 287 g/mol. The van der Waals surface area contributed by atoms with Gasteiger partial charge in [-0.05, 0) is 18.2 Å². The topological polar surface area (TPSA) is 90.0 Å². The summed E-state index contributed by atoms with van der Waals surface area (Å²) in [6.45, 7) is 0. The molecule has 1 heterocycles. The highest BCUT2D eigenvalue weighted by Crippen LogP contribution is 2.25. The Bertz CT molecular complexity index is 681. The molecule has 0 aliphatic heterocycles. The summed E-state index contributed by atoms with van der Waals surface area (Å²) < 4.78 is 28.0. The van der Waals surface area contributed by atoms with Gasteiger partial charge in [0.1, 0.15) is 10.7 Å². The number of hydrogen-bond acceptors (Lipinski definition) is 4. The summed E-state index contributed by atoms with van der Waals surface area (Å²) in [4.78, 5) is -0.0282. The second-order valence-corrected chi connectivity index (χ2v) is 5.69. The summed E-state index contributed by atoms with van der Waals surface area (Å²) in [5, 5.41) is 3.94. The number of sulfonamides is 1. The second kappa shape index (κ2) is 4.51. The zero-order valence-electron chi connectivity index (χ0n) is 9.46. The lowest BCUT2D eigenvalue weighted by Gasteiger charge is -2.09. The van der Waals surface area contributed by atoms with E-state index in [1.165, 1.54) is 29.1 Å². The monoisotopic (exact) mass is 286 g/mol. The van der Waals surface area contributed by atoms with E-state index in [-0.39, 0.29) is 9.92 Å². The lowest BCUT2D eigenvalue weighted by atomic mass is 10.3. The van der Waals surface area contributed by atoms with Crippen molar-refractivity contribution in [3.05, 3.63) is 35.5 Å². The molecule has 3 N–H and O–H groups in total. The highest BCUT2D eigenvalue weighted by Gasteiger charge is 2.19. The number of benzene rings is 1. The largest absolute Gasteiger partial charge is 0.399 e. The normalized spacial score (nSPS) is 11.4. The summed E-state index contributed by atoms with van der Waals surface area (Å²) in [5.41, 5.74) is 5.92. The standard InChI is InChI=1S/C10H11ClN4O2S/c1-15-10(4-5-13-15)14-18(16,17)9-3-2-7(12)6-8(9)11/h2-6,14H,12H2,1H3. The van der Waals surface area contributed by atoms with Crippen molar-refractivity contribution < 1.29 is 8.42 Å². The molecule has 0 radical (unpaired) electrons. The Kier molecular flexibility index (Phi) is 3.18. The summed E-state index contributed by atoms with van der Waals surface area (Å²) in [6, 6.07) is 5.77. The molecule has 18 heavy (non-hydrogen) atoms. The zero-order valence-corrected chi connectivity index (χ0v) is 11.0. The van der Waals surface area contributed by atoms with E-state index in [1.807, 2.05) is 0 Å². The first-order valence-corrected chi connectivity index (χ1v) is 6.82. The smallest absolute Gasteiger partial charge is 0.264 e. The maximum atomic E-state index is 12.1. The first-order chi connectivity index (χ1) is 8.40. The lowest BCUT2D eigenvalue weighted by Crippen LogP contribution is -2.15. The fourth-order valence-corrected chi connectivity index (χ4v) is 3.04. The van der Waals surface area contributed by atoms with Crippen molar-refractivity contribution in [3.63, 3.8) is 0 Å². The van der Waals surface area contributed by atoms with E-state index in [2.05, 4.69) is 9.82 Å². The Hall–Kier alpha value is -1.73. The summed E-state index contributed by atoms with van der Waals surface area (Å²) >= 11 is 5.87. The van der Waals surface area contributed by atoms with Gasteiger partial charge in [-0.2, -0.15) is 5.10 Å². The molecule has 0 saturated heterocycles. The summed E-state index contributed by atoms with van der Waals surface area (Å²) in [6.07, 6.45) is 1.49. The van der Waals surface area contributed by atoms with E-state index >= 15 is 0 Å². The maximum absolute atomic E-state index is 12.1. The van der Waals surface area contributed by atoms with E-state index in [9.17, 15) is 8.42 Å². The van der Waals surface area contributed by atoms with E-state index < -0.39 is 10.0 Å². The fourth-order valence-electron chi connectivity index (χ4n) is 1.40. The summed E-state index contributed by atoms with van der Waals surface area (Å²) in [5.74, 6) is 0.350. The number of nitrogens with two attached hydrogens (primary N) is 1. The third kappa shape index (κ3) is 2.41. The van der Waals surface area contributed by atoms with Crippen LogP contribution in [0.2, 0.25) is 5.02 Å². The molecule has 1 aromatic carbocycles. The molecule has 0 amide bonds. The van der Waals surface area contributed by atoms with Crippen LogP contribution >= 0.6 is 11.6 Å². The Labute approximate surface area is 109 Å². The minimum absolute atomic E-state index is 0.0282. The Morgan fingerprint density at radius 3 is 2.67 bits per heavy atom. The first-order valence-electron chi connectivity index (χ1n) is 4.96. The number of halogens is 1. The molecule has 6 nitrogen and oxygen atoms in total. The van der Waals surface area contributed by atoms with E-state index in [0.717, 1.165) is 0 Å². The van der Waals surface area contributed by atoms with Crippen LogP contribution in [-0.4, -0.2) is 18.2 Å². The highest BCUT2D eigenvalue weighted by atomic mass is 35.5. The molecule has 96 valence electrons. The summed E-state index contributed by atoms with van der Waals surface area (Å²) in [7, 11) is -2.12. The number of aromatic nitrogens is 2. The predicted molar refractivity (Wildman–Crippen MR) is 69.9 cm³/mol. The SMILES string of the molecule is Cn1nccc1NS(=O)(=O)c1ccc(N)cc1Cl. The van der Waals surface area contributed by atoms with E-state index in [1.54, 1.807) is 13.1 Å². The van der Waals surface area contributed by atoms with Crippen molar-refractivity contribution >= 4 is 33.1 Å². The molecule has 0 spiro atoms. The van der Waals surface area contributed by atoms with Crippen LogP contribution < -0.4 is 10.5 Å². The van der Waals surface area contributed by atoms with Gasteiger partial charge < -0.3 is 5.73 Å². The van der Waals surface area contributed by atoms with Crippen LogP contribution in [0, 0.1) is 0 Å². The molecular formula is C10H11ClN4O2S. The lowest BCUT2D eigenvalue weighted by molar-refractivity contribution is 0.600. The van der Waals surface area contributed by atoms with Gasteiger partial charge in [-0.3, -0.25) is 9.40 Å². The van der Waals surface area contributed by atoms with Crippen LogP contribution in [0.5, 0.6) is 0 Å². The molecule has 0 fully saturated rings. The van der Waals surface area contributed by atoms with Crippen molar-refractivity contribution in [3.8, 4) is 0 Å². The molecule has 0 bridgehead atoms. The molecule has 8 heteroatoms. The third-order valence-corrected chi connectivity index (χ3v) is 4.14. The number of aryl methyl sites for hydroxylation is 1. The van der Waals surface area contributed by atoms with Gasteiger partial charge in [0.2, 0.25) is 0 Å². The van der Waals surface area contributed by atoms with Gasteiger partial charge in [0.25, 0.3) is 10.0 Å². The van der Waals surface area contributed by atoms with Gasteiger partial charge in [-0.25, -0.2) is 8.42 Å². The number of nitrogens with one attached hydrogen (secondary N) is 1. The average Bonchev–Trinajstić information content (AvgIpc) is 2.63. The quantitative estimate of drug-likeness (QED) is 0.836. The molecule has 2 aromatic rings. The van der Waals surface area contributed by atoms with Crippen molar-refractivity contribution in [2.75, 3.05) is 10.5 Å². The first kappa shape index (κ1) is 12.7. The molecule has 2 rings (SSSR count). The minimum Gasteiger partial charge on any atom is -0.399 e. The Balaban J connectivity index is 2.40. The van der Waals surface area contributed by atoms with Crippen LogP contribution in [0.25, 0.3) is 0 Å². The number of nitrogen functional groups attached to an aromatic ring is 1. The Morgan fingerprint density at radius 1 is 1.39 bits per heavy atom. The number of anilines is 2. The van der Waals surface area contributed by atoms with Crippen molar-refractivity contribution in [2.45, 2.75) is 4.90 Å². The van der Waals surface area contributed by atoms with Crippen LogP contribution in [0.4, 0.5) is 11.5 Å². The Morgan fingerprint density at radius 2 is 2.11 bits per heavy atom. The van der Waals surface area contributed by atoms with Gasteiger partial charge in [-0.15, -0.1) is 0 Å². The van der Waals surface area contributed by atoms with Gasteiger partial charge in [0.05, 0.1) is 11.2 Å². The third-order valence-electron chi connectivity index (χ3n) is 2.31. The molecule has 0 aliphatic carbocycles. The number of nitrogens with zero attached hydrogens (tertiary/aromatic N) is 2. The second-order valence-electron chi connectivity index (χ2n) is 3.64. The van der Waals surface area contributed by atoms with Crippen molar-refractivity contribution in [1.29, 1.82) is 0 Å². The fraction of sp³-hybridized carbons (Fsp3) is 0.100. The van der Waals surface area contributed by atoms with E-state index in [4.69, 9.17) is 17.3 Å². The van der Waals surface area contributed by atoms with Crippen molar-refractivity contribution in [1.82, 2.24) is 9.78 Å². The van der Waals surface area contributed by atoms with Gasteiger partial charge in [0, 0.05) is 18.8 Å². The maximum Gasteiger partial charge on any atom is 0.264 e. The minimum atomic E-state index is -3.75. The molecular weight excluding hydrogens is 276 g/mol. The molecule has 0 unspecified atom stereocenters. The molecule has 0 atom stereocenters. The zero-order chi connectivity index (χ0) is 13.3. The highest BCUT2D eigenvalue weighted by molar-refractivity contribution is 7.92. The van der Waals surface area contributed by atoms with Gasteiger partial charge in [0.15, 0.2) is 0 Å². The van der Waals surface area contributed by atoms with Crippen LogP contribution in [-0.2, 0) is 17.1 Å². The number of rotatable bonds is 3. The van der Waals surface area contributed by atoms with Crippen LogP contribution in [0.15, 0.2) is 35.4 Å². The number of hydrogen-bond donors (Lipinski definition) is 2. The molecule has 0 aliphatic rings. The molecule has 1 aromatic heterocycles. The van der Waals surface area contributed by atoms with Gasteiger partial charge in [-0.1, -0.05) is 11.6 Å². The predicted octanol–water partition coefficient (Wildman–Crippen LogP) is 1.46. The van der Waals surface area contributed by atoms with Crippen LogP contribution in [0.3, 0.4) is 0 Å². The van der Waals surface area contributed by atoms with Crippen LogP contribution in [0.1, 0.15) is 0 Å². The van der Waals surface area contributed by atoms with E-state index in [0.29, 0.717) is 11.5 Å². The van der Waals surface area contributed by atoms with Crippen molar-refractivity contribution in [2.24, 2.45) is 7.05 Å². The van der Waals surface area contributed by atoms with Gasteiger partial charge >= 0.3 is 0 Å². The molecule has 0 saturated carbocycles.